The Morgan fingerprint density at radius 3 is 2.76 bits per heavy atom. The van der Waals surface area contributed by atoms with Gasteiger partial charge in [0.1, 0.15) is 6.10 Å². The molecule has 1 atom stereocenters. The molecule has 0 spiro atoms. The lowest BCUT2D eigenvalue weighted by molar-refractivity contribution is -0.140. The van der Waals surface area contributed by atoms with Crippen molar-refractivity contribution in [2.24, 2.45) is 4.99 Å². The highest BCUT2D eigenvalue weighted by Gasteiger charge is 2.33. The fourth-order valence-corrected chi connectivity index (χ4v) is 4.47. The van der Waals surface area contributed by atoms with Gasteiger partial charge in [0.2, 0.25) is 0 Å². The normalized spacial score (nSPS) is 13.6. The molecule has 2 heterocycles. The van der Waals surface area contributed by atoms with E-state index in [-0.39, 0.29) is 6.54 Å². The maximum Gasteiger partial charge on any atom is 0.434 e. The third-order valence-electron chi connectivity index (χ3n) is 4.01. The highest BCUT2D eigenvalue weighted by Crippen LogP contribution is 2.30. The van der Waals surface area contributed by atoms with Crippen LogP contribution in [0.25, 0.3) is 10.1 Å². The minimum Gasteiger partial charge on any atom is -0.386 e. The monoisotopic (exact) mass is 442 g/mol. The molecular weight excluding hydrogens is 421 g/mol. The molecular formula is C19H21F3N4OS2. The molecule has 3 rings (SSSR count). The third kappa shape index (κ3) is 5.91. The van der Waals surface area contributed by atoms with Crippen LogP contribution in [0.2, 0.25) is 0 Å². The van der Waals surface area contributed by atoms with E-state index in [9.17, 15) is 18.3 Å². The Morgan fingerprint density at radius 1 is 1.28 bits per heavy atom. The molecule has 0 saturated heterocycles. The van der Waals surface area contributed by atoms with Crippen LogP contribution >= 0.6 is 22.7 Å². The zero-order valence-corrected chi connectivity index (χ0v) is 17.3. The molecule has 0 aliphatic heterocycles. The van der Waals surface area contributed by atoms with Crippen LogP contribution in [0.1, 0.15) is 28.6 Å². The van der Waals surface area contributed by atoms with Crippen molar-refractivity contribution in [1.29, 1.82) is 0 Å². The van der Waals surface area contributed by atoms with Crippen LogP contribution in [-0.2, 0) is 12.6 Å². The van der Waals surface area contributed by atoms with E-state index in [2.05, 4.69) is 20.6 Å². The average molecular weight is 443 g/mol. The minimum absolute atomic E-state index is 0.178. The molecule has 0 aliphatic rings. The molecule has 1 aromatic carbocycles. The Morgan fingerprint density at radius 2 is 2.07 bits per heavy atom. The number of benzene rings is 1. The van der Waals surface area contributed by atoms with Gasteiger partial charge >= 0.3 is 6.18 Å². The van der Waals surface area contributed by atoms with E-state index in [1.54, 1.807) is 0 Å². The minimum atomic E-state index is -4.42. The first kappa shape index (κ1) is 21.5. The molecule has 0 saturated carbocycles. The number of aliphatic imine (C=N–C) groups is 1. The molecule has 1 unspecified atom stereocenters. The first-order chi connectivity index (χ1) is 13.9. The van der Waals surface area contributed by atoms with Gasteiger partial charge in [-0.1, -0.05) is 18.2 Å². The van der Waals surface area contributed by atoms with Crippen molar-refractivity contribution in [3.8, 4) is 0 Å². The standard InChI is InChI=1S/C19H21F3N4OS2/c1-2-23-18(24-8-7-17-26-16(11-28-17)19(20,21)22)25-10-13(27)15-9-12-5-3-4-6-14(12)29-15/h3-6,9,11,13,27H,2,7-8,10H2,1H3,(H2,23,24,25). The summed E-state index contributed by atoms with van der Waals surface area (Å²) in [5, 5.41) is 19.1. The van der Waals surface area contributed by atoms with Gasteiger partial charge in [-0.2, -0.15) is 13.2 Å². The first-order valence-corrected chi connectivity index (χ1v) is 10.8. The van der Waals surface area contributed by atoms with Crippen molar-refractivity contribution >= 4 is 38.7 Å². The Balaban J connectivity index is 1.55. The van der Waals surface area contributed by atoms with Gasteiger partial charge in [-0.3, -0.25) is 4.99 Å². The van der Waals surface area contributed by atoms with Crippen LogP contribution in [0.15, 0.2) is 40.7 Å². The quantitative estimate of drug-likeness (QED) is 0.379. The van der Waals surface area contributed by atoms with Gasteiger partial charge in [0, 0.05) is 34.5 Å². The summed E-state index contributed by atoms with van der Waals surface area (Å²) in [6.45, 7) is 3.10. The Labute approximate surface area is 174 Å². The number of alkyl halides is 3. The summed E-state index contributed by atoms with van der Waals surface area (Å²) >= 11 is 2.52. The largest absolute Gasteiger partial charge is 0.434 e. The molecule has 2 aromatic heterocycles. The summed E-state index contributed by atoms with van der Waals surface area (Å²) in [4.78, 5) is 8.84. The highest BCUT2D eigenvalue weighted by molar-refractivity contribution is 7.19. The van der Waals surface area contributed by atoms with Gasteiger partial charge in [-0.25, -0.2) is 4.98 Å². The van der Waals surface area contributed by atoms with Crippen molar-refractivity contribution in [2.45, 2.75) is 25.6 Å². The van der Waals surface area contributed by atoms with Gasteiger partial charge in [-0.15, -0.1) is 22.7 Å². The smallest absolute Gasteiger partial charge is 0.386 e. The maximum atomic E-state index is 12.6. The number of hydrogen-bond acceptors (Lipinski definition) is 5. The van der Waals surface area contributed by atoms with E-state index in [4.69, 9.17) is 0 Å². The number of thiophene rings is 1. The number of hydrogen-bond donors (Lipinski definition) is 3. The number of rotatable bonds is 7. The number of halogens is 3. The second-order valence-electron chi connectivity index (χ2n) is 6.22. The van der Waals surface area contributed by atoms with E-state index in [0.717, 1.165) is 31.7 Å². The number of aliphatic hydroxyl groups is 1. The Hall–Kier alpha value is -2.17. The zero-order chi connectivity index (χ0) is 20.9. The van der Waals surface area contributed by atoms with Crippen molar-refractivity contribution < 1.29 is 18.3 Å². The number of guanidine groups is 1. The Kier molecular flexibility index (Phi) is 7.09. The lowest BCUT2D eigenvalue weighted by Crippen LogP contribution is -2.38. The molecule has 5 nitrogen and oxygen atoms in total. The first-order valence-electron chi connectivity index (χ1n) is 9.07. The number of thiazole rings is 1. The third-order valence-corrected chi connectivity index (χ3v) is 6.14. The molecule has 0 amide bonds. The highest BCUT2D eigenvalue weighted by atomic mass is 32.1. The van der Waals surface area contributed by atoms with Crippen LogP contribution in [0.4, 0.5) is 13.2 Å². The summed E-state index contributed by atoms with van der Waals surface area (Å²) in [6.07, 6.45) is -4.79. The van der Waals surface area contributed by atoms with Crippen molar-refractivity contribution in [3.63, 3.8) is 0 Å². The summed E-state index contributed by atoms with van der Waals surface area (Å²) in [7, 11) is 0. The van der Waals surface area contributed by atoms with E-state index >= 15 is 0 Å². The van der Waals surface area contributed by atoms with Crippen LogP contribution in [0.3, 0.4) is 0 Å². The van der Waals surface area contributed by atoms with Gasteiger partial charge in [-0.05, 0) is 24.4 Å². The summed E-state index contributed by atoms with van der Waals surface area (Å²) in [5.74, 6) is 0.500. The summed E-state index contributed by atoms with van der Waals surface area (Å²) in [5.41, 5.74) is -0.857. The van der Waals surface area contributed by atoms with Gasteiger partial charge in [0.25, 0.3) is 0 Å². The predicted molar refractivity (Wildman–Crippen MR) is 112 cm³/mol. The zero-order valence-electron chi connectivity index (χ0n) is 15.7. The maximum absolute atomic E-state index is 12.6. The number of fused-ring (bicyclic) bond motifs is 1. The molecule has 0 fully saturated rings. The van der Waals surface area contributed by atoms with Crippen LogP contribution in [-0.4, -0.2) is 35.7 Å². The van der Waals surface area contributed by atoms with Crippen molar-refractivity contribution in [2.75, 3.05) is 19.6 Å². The fourth-order valence-electron chi connectivity index (χ4n) is 2.62. The molecule has 0 radical (unpaired) electrons. The number of nitrogens with zero attached hydrogens (tertiary/aromatic N) is 2. The molecule has 0 bridgehead atoms. The van der Waals surface area contributed by atoms with E-state index < -0.39 is 18.0 Å². The predicted octanol–water partition coefficient (Wildman–Crippen LogP) is 4.21. The lowest BCUT2D eigenvalue weighted by atomic mass is 10.2. The van der Waals surface area contributed by atoms with Crippen LogP contribution in [0.5, 0.6) is 0 Å². The molecule has 3 aromatic rings. The van der Waals surface area contributed by atoms with Crippen molar-refractivity contribution in [1.82, 2.24) is 15.6 Å². The fraction of sp³-hybridized carbons (Fsp3) is 0.368. The van der Waals surface area contributed by atoms with Gasteiger partial charge < -0.3 is 15.7 Å². The van der Waals surface area contributed by atoms with Crippen LogP contribution in [0, 0.1) is 0 Å². The number of aromatic nitrogens is 1. The second-order valence-corrected chi connectivity index (χ2v) is 8.28. The van der Waals surface area contributed by atoms with Gasteiger partial charge in [0.15, 0.2) is 11.7 Å². The molecule has 10 heteroatoms. The van der Waals surface area contributed by atoms with E-state index in [0.29, 0.717) is 30.5 Å². The molecule has 29 heavy (non-hydrogen) atoms. The van der Waals surface area contributed by atoms with E-state index in [1.165, 1.54) is 11.3 Å². The van der Waals surface area contributed by atoms with Crippen molar-refractivity contribution in [3.05, 3.63) is 51.3 Å². The number of aliphatic hydroxyl groups excluding tert-OH is 1. The van der Waals surface area contributed by atoms with E-state index in [1.807, 2.05) is 37.3 Å². The molecule has 156 valence electrons. The summed E-state index contributed by atoms with van der Waals surface area (Å²) in [6, 6.07) is 9.88. The second kappa shape index (κ2) is 9.55. The lowest BCUT2D eigenvalue weighted by Gasteiger charge is -2.12. The summed E-state index contributed by atoms with van der Waals surface area (Å²) < 4.78 is 38.9. The average Bonchev–Trinajstić information content (AvgIpc) is 3.32. The molecule has 3 N–H and O–H groups in total. The topological polar surface area (TPSA) is 69.5 Å². The SMILES string of the molecule is CCNC(=NCC(O)c1cc2ccccc2s1)NCCc1nc(C(F)(F)F)cs1. The van der Waals surface area contributed by atoms with Gasteiger partial charge in [0.05, 0.1) is 11.6 Å². The number of nitrogens with one attached hydrogen (secondary N) is 2. The van der Waals surface area contributed by atoms with Crippen LogP contribution < -0.4 is 10.6 Å². The molecule has 0 aliphatic carbocycles. The Bertz CT molecular complexity index is 935.